The third-order valence-electron chi connectivity index (χ3n) is 4.08. The first-order chi connectivity index (χ1) is 12.8. The fourth-order valence-electron chi connectivity index (χ4n) is 2.79. The number of benzene rings is 2. The molecule has 0 bridgehead atoms. The lowest BCUT2D eigenvalue weighted by Gasteiger charge is -2.21. The molecule has 9 heteroatoms. The van der Waals surface area contributed by atoms with E-state index in [2.05, 4.69) is 10.0 Å². The molecule has 27 heavy (non-hydrogen) atoms. The Morgan fingerprint density at radius 1 is 1.30 bits per heavy atom. The molecule has 8 nitrogen and oxygen atoms in total. The van der Waals surface area contributed by atoms with Crippen molar-refractivity contribution < 1.29 is 27.9 Å². The topological polar surface area (TPSA) is 122 Å². The summed E-state index contributed by atoms with van der Waals surface area (Å²) in [5.74, 6) is -1.39. The van der Waals surface area contributed by atoms with Crippen LogP contribution in [0.25, 0.3) is 0 Å². The van der Waals surface area contributed by atoms with Gasteiger partial charge in [-0.2, -0.15) is 4.72 Å². The number of anilines is 1. The van der Waals surface area contributed by atoms with Gasteiger partial charge in [-0.1, -0.05) is 30.3 Å². The maximum atomic E-state index is 12.8. The molecule has 0 saturated carbocycles. The zero-order chi connectivity index (χ0) is 19.6. The van der Waals surface area contributed by atoms with Gasteiger partial charge < -0.3 is 15.2 Å². The van der Waals surface area contributed by atoms with E-state index in [1.54, 1.807) is 37.3 Å². The maximum Gasteiger partial charge on any atom is 0.322 e. The van der Waals surface area contributed by atoms with Gasteiger partial charge in [0.25, 0.3) is 5.91 Å². The molecule has 1 atom stereocenters. The van der Waals surface area contributed by atoms with Crippen LogP contribution in [0.1, 0.15) is 11.1 Å². The van der Waals surface area contributed by atoms with E-state index >= 15 is 0 Å². The lowest BCUT2D eigenvalue weighted by Crippen LogP contribution is -2.42. The molecule has 3 N–H and O–H groups in total. The van der Waals surface area contributed by atoms with Gasteiger partial charge >= 0.3 is 5.97 Å². The monoisotopic (exact) mass is 390 g/mol. The molecule has 1 aliphatic rings. The molecule has 0 spiro atoms. The zero-order valence-electron chi connectivity index (χ0n) is 14.4. The van der Waals surface area contributed by atoms with Gasteiger partial charge in [-0.15, -0.1) is 0 Å². The number of fused-ring (bicyclic) bond motifs is 1. The summed E-state index contributed by atoms with van der Waals surface area (Å²) in [5.41, 5.74) is 1.43. The minimum atomic E-state index is -4.13. The Bertz CT molecular complexity index is 988. The van der Waals surface area contributed by atoms with Crippen LogP contribution >= 0.6 is 0 Å². The summed E-state index contributed by atoms with van der Waals surface area (Å²) in [4.78, 5) is 22.8. The fourth-order valence-corrected chi connectivity index (χ4v) is 4.22. The van der Waals surface area contributed by atoms with Crippen molar-refractivity contribution in [3.8, 4) is 5.75 Å². The first-order valence-electron chi connectivity index (χ1n) is 8.12. The van der Waals surface area contributed by atoms with Gasteiger partial charge in [0.1, 0.15) is 11.8 Å². The fraction of sp³-hybridized carbons (Fsp3) is 0.222. The van der Waals surface area contributed by atoms with Crippen LogP contribution < -0.4 is 14.8 Å². The largest absolute Gasteiger partial charge is 0.482 e. The van der Waals surface area contributed by atoms with Crippen molar-refractivity contribution in [2.24, 2.45) is 0 Å². The van der Waals surface area contributed by atoms with Gasteiger partial charge in [0, 0.05) is 6.07 Å². The number of aliphatic carboxylic acids is 1. The van der Waals surface area contributed by atoms with Crippen LogP contribution in [0, 0.1) is 6.92 Å². The molecular formula is C18H18N2O6S. The van der Waals surface area contributed by atoms with Crippen molar-refractivity contribution in [2.45, 2.75) is 24.3 Å². The van der Waals surface area contributed by atoms with Crippen molar-refractivity contribution in [3.05, 3.63) is 53.6 Å². The van der Waals surface area contributed by atoms with E-state index in [0.717, 1.165) is 0 Å². The number of amides is 1. The highest BCUT2D eigenvalue weighted by Crippen LogP contribution is 2.33. The molecular weight excluding hydrogens is 372 g/mol. The number of hydrogen-bond acceptors (Lipinski definition) is 5. The second-order valence-electron chi connectivity index (χ2n) is 6.15. The average Bonchev–Trinajstić information content (AvgIpc) is 2.61. The number of rotatable bonds is 6. The highest BCUT2D eigenvalue weighted by atomic mass is 32.2. The van der Waals surface area contributed by atoms with Gasteiger partial charge in [0.05, 0.1) is 10.6 Å². The summed E-state index contributed by atoms with van der Waals surface area (Å²) in [5, 5.41) is 12.0. The number of carbonyl (C=O) groups is 2. The number of carbonyl (C=O) groups excluding carboxylic acids is 1. The number of hydrogen-bond donors (Lipinski definition) is 3. The second-order valence-corrected chi connectivity index (χ2v) is 7.83. The number of carboxylic acid groups (broad SMARTS) is 1. The normalized spacial score (nSPS) is 14.6. The zero-order valence-corrected chi connectivity index (χ0v) is 15.2. The van der Waals surface area contributed by atoms with Crippen molar-refractivity contribution in [1.29, 1.82) is 0 Å². The second kappa shape index (κ2) is 7.37. The molecule has 0 radical (unpaired) electrons. The molecule has 0 fully saturated rings. The molecule has 0 saturated heterocycles. The summed E-state index contributed by atoms with van der Waals surface area (Å²) in [6.45, 7) is 1.34. The summed E-state index contributed by atoms with van der Waals surface area (Å²) < 4.78 is 33.1. The van der Waals surface area contributed by atoms with E-state index in [1.165, 1.54) is 12.1 Å². The molecule has 2 aromatic rings. The molecule has 142 valence electrons. The first-order valence-corrected chi connectivity index (χ1v) is 9.61. The van der Waals surface area contributed by atoms with Crippen LogP contribution in [0.5, 0.6) is 5.75 Å². The number of carboxylic acids is 1. The molecule has 1 heterocycles. The summed E-state index contributed by atoms with van der Waals surface area (Å²) in [7, 11) is -4.13. The highest BCUT2D eigenvalue weighted by molar-refractivity contribution is 7.89. The van der Waals surface area contributed by atoms with Gasteiger partial charge in [-0.05, 0) is 30.5 Å². The van der Waals surface area contributed by atoms with Crippen LogP contribution in [-0.2, 0) is 26.0 Å². The minimum absolute atomic E-state index is 0.00590. The van der Waals surface area contributed by atoms with E-state index in [9.17, 15) is 23.1 Å². The van der Waals surface area contributed by atoms with Crippen molar-refractivity contribution in [1.82, 2.24) is 4.72 Å². The van der Waals surface area contributed by atoms with E-state index < -0.39 is 22.0 Å². The van der Waals surface area contributed by atoms with Crippen LogP contribution in [0.2, 0.25) is 0 Å². The summed E-state index contributed by atoms with van der Waals surface area (Å²) >= 11 is 0. The van der Waals surface area contributed by atoms with E-state index in [-0.39, 0.29) is 29.6 Å². The van der Waals surface area contributed by atoms with Gasteiger partial charge in [0.15, 0.2) is 6.61 Å². The molecule has 1 amide bonds. The predicted octanol–water partition coefficient (Wildman–Crippen LogP) is 1.30. The van der Waals surface area contributed by atoms with E-state index in [0.29, 0.717) is 16.8 Å². The Hall–Kier alpha value is -2.91. The Kier molecular flexibility index (Phi) is 5.15. The van der Waals surface area contributed by atoms with Crippen LogP contribution in [0.3, 0.4) is 0 Å². The molecule has 0 unspecified atom stereocenters. The van der Waals surface area contributed by atoms with Crippen molar-refractivity contribution >= 4 is 27.6 Å². The lowest BCUT2D eigenvalue weighted by molar-refractivity contribution is -0.138. The SMILES string of the molecule is Cc1cc2c(cc1S(=O)(=O)N[C@@H](Cc1ccccc1)C(=O)O)OCC(=O)N2. The minimum Gasteiger partial charge on any atom is -0.482 e. The molecule has 0 aromatic heterocycles. The van der Waals surface area contributed by atoms with Crippen LogP contribution in [0.4, 0.5) is 5.69 Å². The first kappa shape index (κ1) is 18.9. The summed E-state index contributed by atoms with van der Waals surface area (Å²) in [6.07, 6.45) is 0.00590. The van der Waals surface area contributed by atoms with E-state index in [1.807, 2.05) is 0 Å². The van der Waals surface area contributed by atoms with E-state index in [4.69, 9.17) is 4.74 Å². The Morgan fingerprint density at radius 2 is 2.00 bits per heavy atom. The number of aryl methyl sites for hydroxylation is 1. The smallest absolute Gasteiger partial charge is 0.322 e. The van der Waals surface area contributed by atoms with Crippen LogP contribution in [-0.4, -0.2) is 38.0 Å². The standard InChI is InChI=1S/C18H18N2O6S/c1-11-7-13-15(26-10-17(21)19-13)9-16(11)27(24,25)20-14(18(22)23)8-12-5-3-2-4-6-12/h2-7,9,14,20H,8,10H2,1H3,(H,19,21)(H,22,23)/t14-/m0/s1. The van der Waals surface area contributed by atoms with Gasteiger partial charge in [-0.25, -0.2) is 8.42 Å². The van der Waals surface area contributed by atoms with Crippen molar-refractivity contribution in [2.75, 3.05) is 11.9 Å². The molecule has 3 rings (SSSR count). The van der Waals surface area contributed by atoms with Crippen molar-refractivity contribution in [3.63, 3.8) is 0 Å². The van der Waals surface area contributed by atoms with Gasteiger partial charge in [0.2, 0.25) is 10.0 Å². The predicted molar refractivity (Wildman–Crippen MR) is 97.2 cm³/mol. The Balaban J connectivity index is 1.89. The Labute approximate surface area is 156 Å². The molecule has 1 aliphatic heterocycles. The average molecular weight is 390 g/mol. The van der Waals surface area contributed by atoms with Crippen LogP contribution in [0.15, 0.2) is 47.4 Å². The number of sulfonamides is 1. The lowest BCUT2D eigenvalue weighted by atomic mass is 10.1. The molecule has 2 aromatic carbocycles. The highest BCUT2D eigenvalue weighted by Gasteiger charge is 2.28. The quantitative estimate of drug-likeness (QED) is 0.683. The maximum absolute atomic E-state index is 12.8. The molecule has 0 aliphatic carbocycles. The third-order valence-corrected chi connectivity index (χ3v) is 5.69. The number of nitrogens with one attached hydrogen (secondary N) is 2. The number of ether oxygens (including phenoxy) is 1. The van der Waals surface area contributed by atoms with Gasteiger partial charge in [-0.3, -0.25) is 9.59 Å². The Morgan fingerprint density at radius 3 is 2.67 bits per heavy atom. The summed E-state index contributed by atoms with van der Waals surface area (Å²) in [6, 6.07) is 10.2. The third kappa shape index (κ3) is 4.26.